The fraction of sp³-hybridized carbons (Fsp3) is 0.143. The van der Waals surface area contributed by atoms with Crippen LogP contribution >= 0.6 is 8.25 Å². The first-order valence-electron chi connectivity index (χ1n) is 3.18. The summed E-state index contributed by atoms with van der Waals surface area (Å²) in [5.74, 6) is 0. The molecule has 68 valence electrons. The molecule has 0 spiro atoms. The van der Waals surface area contributed by atoms with Crippen LogP contribution in [0.25, 0.3) is 0 Å². The first-order valence-corrected chi connectivity index (χ1v) is 4.49. The van der Waals surface area contributed by atoms with E-state index in [1.54, 1.807) is 12.1 Å². The van der Waals surface area contributed by atoms with E-state index >= 15 is 0 Å². The van der Waals surface area contributed by atoms with E-state index in [-0.39, 0.29) is 6.67 Å². The van der Waals surface area contributed by atoms with Crippen molar-refractivity contribution in [2.24, 2.45) is 0 Å². The van der Waals surface area contributed by atoms with Gasteiger partial charge in [0, 0.05) is 0 Å². The average molecular weight is 192 g/mol. The minimum Gasteiger partial charge on any atom is -0.326 e. The van der Waals surface area contributed by atoms with Gasteiger partial charge in [-0.15, -0.1) is 0 Å². The smallest absolute Gasteiger partial charge is 0.314 e. The second-order valence-electron chi connectivity index (χ2n) is 1.90. The van der Waals surface area contributed by atoms with Crippen molar-refractivity contribution in [2.75, 3.05) is 0 Å². The van der Waals surface area contributed by atoms with Crippen molar-refractivity contribution >= 4 is 8.25 Å². The molecule has 0 saturated heterocycles. The quantitative estimate of drug-likeness (QED) is 0.663. The lowest BCUT2D eigenvalue weighted by Crippen LogP contribution is -1.72. The van der Waals surface area contributed by atoms with E-state index in [9.17, 15) is 4.39 Å². The molecule has 0 fully saturated rings. The third-order valence-corrected chi connectivity index (χ3v) is 0.997. The molecule has 3 nitrogen and oxygen atoms in total. The van der Waals surface area contributed by atoms with E-state index in [1.165, 1.54) is 0 Å². The van der Waals surface area contributed by atoms with E-state index in [2.05, 4.69) is 0 Å². The maximum atomic E-state index is 11.7. The molecule has 1 aromatic rings. The summed E-state index contributed by atoms with van der Waals surface area (Å²) in [5, 5.41) is 0. The van der Waals surface area contributed by atoms with E-state index in [1.807, 2.05) is 18.2 Å². The van der Waals surface area contributed by atoms with Crippen molar-refractivity contribution < 1.29 is 18.7 Å². The maximum absolute atomic E-state index is 11.7. The number of alkyl halides is 1. The van der Waals surface area contributed by atoms with Gasteiger partial charge < -0.3 is 9.79 Å². The van der Waals surface area contributed by atoms with Crippen LogP contribution in [0.2, 0.25) is 0 Å². The zero-order valence-electron chi connectivity index (χ0n) is 6.27. The zero-order chi connectivity index (χ0) is 9.40. The van der Waals surface area contributed by atoms with Crippen molar-refractivity contribution in [1.29, 1.82) is 0 Å². The molecule has 0 aliphatic carbocycles. The second kappa shape index (κ2) is 6.98. The fourth-order valence-corrected chi connectivity index (χ4v) is 0.567. The third kappa shape index (κ3) is 7.41. The Morgan fingerprint density at radius 2 is 1.67 bits per heavy atom. The topological polar surface area (TPSA) is 57.5 Å². The molecule has 12 heavy (non-hydrogen) atoms. The first-order chi connectivity index (χ1) is 5.66. The van der Waals surface area contributed by atoms with Crippen molar-refractivity contribution in [3.05, 3.63) is 35.9 Å². The highest BCUT2D eigenvalue weighted by Gasteiger charge is 1.82. The zero-order valence-corrected chi connectivity index (χ0v) is 7.27. The average Bonchev–Trinajstić information content (AvgIpc) is 2.05. The molecule has 0 aliphatic rings. The molecule has 5 heteroatoms. The fourth-order valence-electron chi connectivity index (χ4n) is 0.567. The van der Waals surface area contributed by atoms with Crippen LogP contribution in [0.4, 0.5) is 4.39 Å². The Morgan fingerprint density at radius 1 is 1.25 bits per heavy atom. The summed E-state index contributed by atoms with van der Waals surface area (Å²) in [6.45, 7) is -0.360. The van der Waals surface area contributed by atoms with Crippen molar-refractivity contribution in [3.8, 4) is 0 Å². The molecule has 1 rings (SSSR count). The van der Waals surface area contributed by atoms with Crippen molar-refractivity contribution in [1.82, 2.24) is 0 Å². The van der Waals surface area contributed by atoms with Gasteiger partial charge in [-0.1, -0.05) is 30.3 Å². The van der Waals surface area contributed by atoms with Crippen LogP contribution in [-0.2, 0) is 11.2 Å². The van der Waals surface area contributed by atoms with Crippen LogP contribution in [0.5, 0.6) is 0 Å². The van der Waals surface area contributed by atoms with Crippen LogP contribution in [0.1, 0.15) is 5.56 Å². The lowest BCUT2D eigenvalue weighted by atomic mass is 10.2. The normalized spacial score (nSPS) is 9.00. The van der Waals surface area contributed by atoms with Gasteiger partial charge >= 0.3 is 8.25 Å². The van der Waals surface area contributed by atoms with Gasteiger partial charge in [0.25, 0.3) is 0 Å². The predicted molar refractivity (Wildman–Crippen MR) is 44.7 cm³/mol. The minimum absolute atomic E-state index is 0.360. The number of hydrogen-bond acceptors (Lipinski definition) is 1. The molecule has 0 atom stereocenters. The number of hydrogen-bond donors (Lipinski definition) is 2. The summed E-state index contributed by atoms with van der Waals surface area (Å²) in [6.07, 6.45) is 0. The Labute approximate surface area is 70.4 Å². The van der Waals surface area contributed by atoms with Gasteiger partial charge in [-0.25, -0.2) is 4.39 Å². The van der Waals surface area contributed by atoms with E-state index in [0.717, 1.165) is 5.56 Å². The van der Waals surface area contributed by atoms with Gasteiger partial charge in [0.2, 0.25) is 0 Å². The minimum atomic E-state index is -3.13. The van der Waals surface area contributed by atoms with E-state index in [0.29, 0.717) is 0 Å². The summed E-state index contributed by atoms with van der Waals surface area (Å²) in [4.78, 5) is 14.3. The molecule has 0 unspecified atom stereocenters. The SMILES string of the molecule is FCc1ccccc1.O=[PH](O)O. The van der Waals surface area contributed by atoms with Crippen molar-refractivity contribution in [2.45, 2.75) is 6.67 Å². The van der Waals surface area contributed by atoms with E-state index in [4.69, 9.17) is 14.4 Å². The third-order valence-electron chi connectivity index (χ3n) is 0.997. The Bertz CT molecular complexity index is 223. The summed E-state index contributed by atoms with van der Waals surface area (Å²) < 4.78 is 20.5. The molecule has 0 radical (unpaired) electrons. The molecular weight excluding hydrogens is 182 g/mol. The molecule has 0 aliphatic heterocycles. The molecule has 0 aromatic heterocycles. The Morgan fingerprint density at radius 3 is 1.92 bits per heavy atom. The monoisotopic (exact) mass is 192 g/mol. The maximum Gasteiger partial charge on any atom is 0.314 e. The Hall–Kier alpha value is -0.700. The van der Waals surface area contributed by atoms with Gasteiger partial charge in [-0.05, 0) is 5.56 Å². The number of benzene rings is 1. The number of halogens is 1. The van der Waals surface area contributed by atoms with Crippen LogP contribution < -0.4 is 0 Å². The highest BCUT2D eigenvalue weighted by molar-refractivity contribution is 7.30. The van der Waals surface area contributed by atoms with Gasteiger partial charge in [-0.2, -0.15) is 0 Å². The van der Waals surface area contributed by atoms with Crippen LogP contribution in [-0.4, -0.2) is 9.79 Å². The lowest BCUT2D eigenvalue weighted by molar-refractivity contribution is 0.405. The molecule has 0 amide bonds. The van der Waals surface area contributed by atoms with Gasteiger partial charge in [0.15, 0.2) is 0 Å². The van der Waals surface area contributed by atoms with Gasteiger partial charge in [-0.3, -0.25) is 4.57 Å². The highest BCUT2D eigenvalue weighted by Crippen LogP contribution is 1.98. The predicted octanol–water partition coefficient (Wildman–Crippen LogP) is 1.52. The van der Waals surface area contributed by atoms with Gasteiger partial charge in [0.05, 0.1) is 0 Å². The van der Waals surface area contributed by atoms with Crippen LogP contribution in [0, 0.1) is 0 Å². The molecule has 0 saturated carbocycles. The standard InChI is InChI=1S/C7H7F.H3O3P/c8-6-7-4-2-1-3-5-7;1-4(2)3/h1-5H,6H2;4H,(H2,1,2,3). The Balaban J connectivity index is 0.000000261. The highest BCUT2D eigenvalue weighted by atomic mass is 31.1. The second-order valence-corrected chi connectivity index (χ2v) is 2.47. The van der Waals surface area contributed by atoms with Crippen molar-refractivity contribution in [3.63, 3.8) is 0 Å². The Kier molecular flexibility index (Phi) is 6.57. The summed E-state index contributed by atoms with van der Waals surface area (Å²) in [7, 11) is -3.13. The lowest BCUT2D eigenvalue weighted by Gasteiger charge is -1.87. The first kappa shape index (κ1) is 11.3. The molecule has 1 aromatic carbocycles. The molecule has 2 N–H and O–H groups in total. The van der Waals surface area contributed by atoms with Crippen LogP contribution in [0.3, 0.4) is 0 Å². The summed E-state index contributed by atoms with van der Waals surface area (Å²) in [5.41, 5.74) is 0.743. The molecule has 0 bridgehead atoms. The van der Waals surface area contributed by atoms with E-state index < -0.39 is 8.25 Å². The summed E-state index contributed by atoms with van der Waals surface area (Å²) >= 11 is 0. The molecular formula is C7H10FO3P. The molecule has 0 heterocycles. The number of rotatable bonds is 1. The summed E-state index contributed by atoms with van der Waals surface area (Å²) in [6, 6.07) is 9.06. The van der Waals surface area contributed by atoms with Gasteiger partial charge in [0.1, 0.15) is 6.67 Å². The van der Waals surface area contributed by atoms with Crippen LogP contribution in [0.15, 0.2) is 30.3 Å². The largest absolute Gasteiger partial charge is 0.326 e.